The summed E-state index contributed by atoms with van der Waals surface area (Å²) >= 11 is 24.0. The van der Waals surface area contributed by atoms with E-state index in [1.54, 1.807) is 12.1 Å². The summed E-state index contributed by atoms with van der Waals surface area (Å²) in [7, 11) is 0. The number of nitrogens with one attached hydrogen (secondary N) is 2. The Morgan fingerprint density at radius 2 is 1.25 bits per heavy atom. The van der Waals surface area contributed by atoms with Gasteiger partial charge in [-0.2, -0.15) is 0 Å². The highest BCUT2D eigenvalue weighted by Crippen LogP contribution is 2.27. The van der Waals surface area contributed by atoms with E-state index < -0.39 is 0 Å². The minimum absolute atomic E-state index is 0.460. The predicted octanol–water partition coefficient (Wildman–Crippen LogP) is 6.33. The fourth-order valence-electron chi connectivity index (χ4n) is 1.44. The third-order valence-corrected chi connectivity index (χ3v) is 5.02. The van der Waals surface area contributed by atoms with E-state index in [0.717, 1.165) is 20.3 Å². The Morgan fingerprint density at radius 3 is 1.60 bits per heavy atom. The highest BCUT2D eigenvalue weighted by atomic mass is 79.9. The van der Waals surface area contributed by atoms with E-state index in [1.807, 2.05) is 24.3 Å². The van der Waals surface area contributed by atoms with Crippen molar-refractivity contribution in [3.8, 4) is 0 Å². The van der Waals surface area contributed by atoms with Crippen LogP contribution in [0.25, 0.3) is 0 Å². The average Bonchev–Trinajstić information content (AvgIpc) is 2.38. The third kappa shape index (κ3) is 4.33. The van der Waals surface area contributed by atoms with Gasteiger partial charge in [0.25, 0.3) is 0 Å². The number of anilines is 2. The molecule has 2 aromatic carbocycles. The predicted molar refractivity (Wildman–Crippen MR) is 98.1 cm³/mol. The van der Waals surface area contributed by atoms with Crippen molar-refractivity contribution in [1.82, 2.24) is 0 Å². The summed E-state index contributed by atoms with van der Waals surface area (Å²) in [6.07, 6.45) is 0. The summed E-state index contributed by atoms with van der Waals surface area (Å²) in [6, 6.07) is 11.0. The van der Waals surface area contributed by atoms with Gasteiger partial charge < -0.3 is 10.6 Å². The van der Waals surface area contributed by atoms with Crippen LogP contribution < -0.4 is 10.6 Å². The van der Waals surface area contributed by atoms with Gasteiger partial charge in [0, 0.05) is 20.3 Å². The molecule has 0 aliphatic rings. The summed E-state index contributed by atoms with van der Waals surface area (Å²) in [5.74, 6) is 0. The maximum absolute atomic E-state index is 6.02. The lowest BCUT2D eigenvalue weighted by atomic mass is 10.3. The van der Waals surface area contributed by atoms with Gasteiger partial charge in [-0.1, -0.05) is 23.2 Å². The smallest absolute Gasteiger partial charge is 0.175 e. The van der Waals surface area contributed by atoms with Crippen molar-refractivity contribution >= 4 is 83.8 Å². The van der Waals surface area contributed by atoms with Crippen LogP contribution in [0.2, 0.25) is 10.0 Å². The second-order valence-electron chi connectivity index (χ2n) is 3.84. The van der Waals surface area contributed by atoms with E-state index in [0.29, 0.717) is 15.2 Å². The van der Waals surface area contributed by atoms with E-state index in [-0.39, 0.29) is 0 Å². The molecule has 0 saturated carbocycles. The van der Waals surface area contributed by atoms with Gasteiger partial charge in [0.05, 0.1) is 10.0 Å². The van der Waals surface area contributed by atoms with Gasteiger partial charge in [-0.3, -0.25) is 0 Å². The molecule has 2 rings (SSSR count). The largest absolute Gasteiger partial charge is 0.332 e. The molecule has 7 heteroatoms. The zero-order valence-corrected chi connectivity index (χ0v) is 15.4. The number of hydrogen-bond donors (Lipinski definition) is 2. The fraction of sp³-hybridized carbons (Fsp3) is 0. The van der Waals surface area contributed by atoms with Crippen LogP contribution in [0.4, 0.5) is 11.4 Å². The summed E-state index contributed by atoms with van der Waals surface area (Å²) in [6.45, 7) is 0. The van der Waals surface area contributed by atoms with Crippen LogP contribution in [0, 0.1) is 0 Å². The van der Waals surface area contributed by atoms with Crippen LogP contribution in [-0.2, 0) is 0 Å². The van der Waals surface area contributed by atoms with Crippen molar-refractivity contribution in [3.63, 3.8) is 0 Å². The molecule has 0 heterocycles. The van der Waals surface area contributed by atoms with Gasteiger partial charge in [0.1, 0.15) is 0 Å². The van der Waals surface area contributed by atoms with Crippen molar-refractivity contribution < 1.29 is 0 Å². The summed E-state index contributed by atoms with van der Waals surface area (Å²) in [5.41, 5.74) is 1.61. The molecule has 0 bridgehead atoms. The lowest BCUT2D eigenvalue weighted by molar-refractivity contribution is 1.57. The molecule has 0 aliphatic heterocycles. The Hall–Kier alpha value is -0.330. The Morgan fingerprint density at radius 1 is 0.850 bits per heavy atom. The first kappa shape index (κ1) is 16.0. The lowest BCUT2D eigenvalue weighted by Crippen LogP contribution is -2.19. The van der Waals surface area contributed by atoms with Gasteiger partial charge in [0.2, 0.25) is 0 Å². The normalized spacial score (nSPS) is 10.2. The minimum Gasteiger partial charge on any atom is -0.332 e. The molecular formula is C13H8Br2Cl2N2S. The second kappa shape index (κ2) is 7.09. The minimum atomic E-state index is 0.460. The number of thiocarbonyl (C=S) groups is 1. The first-order valence-electron chi connectivity index (χ1n) is 5.44. The lowest BCUT2D eigenvalue weighted by Gasteiger charge is -2.11. The number of halogens is 4. The van der Waals surface area contributed by atoms with Crippen molar-refractivity contribution in [2.45, 2.75) is 0 Å². The molecule has 0 amide bonds. The molecule has 0 spiro atoms. The van der Waals surface area contributed by atoms with Crippen LogP contribution >= 0.6 is 67.3 Å². The van der Waals surface area contributed by atoms with Crippen LogP contribution in [0.3, 0.4) is 0 Å². The number of hydrogen-bond acceptors (Lipinski definition) is 1. The molecular weight excluding hydrogens is 447 g/mol. The van der Waals surface area contributed by atoms with Crippen LogP contribution in [-0.4, -0.2) is 5.11 Å². The summed E-state index contributed by atoms with van der Waals surface area (Å²) in [4.78, 5) is 0. The standard InChI is InChI=1S/C13H8Br2Cl2N2S/c14-9-3-1-7(5-11(9)16)18-13(20)19-8-2-4-10(15)12(17)6-8/h1-6H,(H2,18,19,20). The SMILES string of the molecule is S=C(Nc1ccc(Br)c(Cl)c1)Nc1ccc(Br)c(Cl)c1. The Balaban J connectivity index is 2.04. The van der Waals surface area contributed by atoms with Crippen molar-refractivity contribution in [1.29, 1.82) is 0 Å². The topological polar surface area (TPSA) is 24.1 Å². The second-order valence-corrected chi connectivity index (χ2v) is 6.77. The van der Waals surface area contributed by atoms with E-state index in [9.17, 15) is 0 Å². The first-order valence-corrected chi connectivity index (χ1v) is 8.19. The van der Waals surface area contributed by atoms with E-state index in [1.165, 1.54) is 0 Å². The maximum Gasteiger partial charge on any atom is 0.175 e. The molecule has 104 valence electrons. The zero-order chi connectivity index (χ0) is 14.7. The van der Waals surface area contributed by atoms with Gasteiger partial charge in [-0.15, -0.1) is 0 Å². The van der Waals surface area contributed by atoms with Crippen LogP contribution in [0.1, 0.15) is 0 Å². The van der Waals surface area contributed by atoms with Gasteiger partial charge >= 0.3 is 0 Å². The molecule has 20 heavy (non-hydrogen) atoms. The van der Waals surface area contributed by atoms with E-state index in [2.05, 4.69) is 42.5 Å². The van der Waals surface area contributed by atoms with Crippen molar-refractivity contribution in [2.24, 2.45) is 0 Å². The van der Waals surface area contributed by atoms with Crippen LogP contribution in [0.15, 0.2) is 45.3 Å². The molecule has 0 saturated heterocycles. The molecule has 0 unspecified atom stereocenters. The average molecular weight is 455 g/mol. The summed E-state index contributed by atoms with van der Waals surface area (Å²) in [5, 5.41) is 7.80. The summed E-state index contributed by atoms with van der Waals surface area (Å²) < 4.78 is 1.67. The number of rotatable bonds is 2. The molecule has 2 aromatic rings. The van der Waals surface area contributed by atoms with E-state index in [4.69, 9.17) is 35.4 Å². The Labute approximate surface area is 149 Å². The fourth-order valence-corrected chi connectivity index (χ4v) is 2.53. The van der Waals surface area contributed by atoms with Crippen LogP contribution in [0.5, 0.6) is 0 Å². The van der Waals surface area contributed by atoms with Crippen molar-refractivity contribution in [2.75, 3.05) is 10.6 Å². The Bertz CT molecular complexity index is 609. The van der Waals surface area contributed by atoms with E-state index >= 15 is 0 Å². The number of benzene rings is 2. The highest BCUT2D eigenvalue weighted by Gasteiger charge is 2.03. The van der Waals surface area contributed by atoms with Gasteiger partial charge in [0.15, 0.2) is 5.11 Å². The maximum atomic E-state index is 6.02. The van der Waals surface area contributed by atoms with Gasteiger partial charge in [-0.25, -0.2) is 0 Å². The quantitative estimate of drug-likeness (QED) is 0.518. The van der Waals surface area contributed by atoms with Gasteiger partial charge in [-0.05, 0) is 80.5 Å². The molecule has 2 nitrogen and oxygen atoms in total. The monoisotopic (exact) mass is 452 g/mol. The molecule has 0 radical (unpaired) electrons. The molecule has 0 aliphatic carbocycles. The highest BCUT2D eigenvalue weighted by molar-refractivity contribution is 9.10. The third-order valence-electron chi connectivity index (χ3n) is 2.35. The Kier molecular flexibility index (Phi) is 5.69. The first-order chi connectivity index (χ1) is 9.45. The van der Waals surface area contributed by atoms with Crippen molar-refractivity contribution in [3.05, 3.63) is 55.4 Å². The molecule has 2 N–H and O–H groups in total. The molecule has 0 atom stereocenters. The zero-order valence-electron chi connectivity index (χ0n) is 9.88. The molecule has 0 fully saturated rings. The molecule has 0 aromatic heterocycles.